The molecule has 0 unspecified atom stereocenters. The fourth-order valence-electron chi connectivity index (χ4n) is 1.05. The van der Waals surface area contributed by atoms with Crippen molar-refractivity contribution in [2.24, 2.45) is 0 Å². The SMILES string of the molecule is CC/C(=C\OC)c1cc(Cl)ccn1. The first-order valence-corrected chi connectivity index (χ1v) is 4.49. The average Bonchev–Trinajstić information content (AvgIpc) is 2.14. The van der Waals surface area contributed by atoms with Crippen LogP contribution >= 0.6 is 11.6 Å². The number of ether oxygens (including phenoxy) is 1. The predicted octanol–water partition coefficient (Wildman–Crippen LogP) is 3.13. The number of aromatic nitrogens is 1. The molecule has 0 atom stereocenters. The summed E-state index contributed by atoms with van der Waals surface area (Å²) in [5.41, 5.74) is 1.92. The van der Waals surface area contributed by atoms with Crippen LogP contribution in [0.3, 0.4) is 0 Å². The third-order valence-electron chi connectivity index (χ3n) is 1.69. The van der Waals surface area contributed by atoms with E-state index < -0.39 is 0 Å². The van der Waals surface area contributed by atoms with E-state index in [0.29, 0.717) is 5.02 Å². The van der Waals surface area contributed by atoms with E-state index >= 15 is 0 Å². The van der Waals surface area contributed by atoms with Crippen molar-refractivity contribution in [2.45, 2.75) is 13.3 Å². The Kier molecular flexibility index (Phi) is 3.77. The van der Waals surface area contributed by atoms with Crippen molar-refractivity contribution in [3.05, 3.63) is 35.3 Å². The molecule has 70 valence electrons. The van der Waals surface area contributed by atoms with Crippen molar-refractivity contribution in [3.8, 4) is 0 Å². The van der Waals surface area contributed by atoms with E-state index in [1.807, 2.05) is 13.0 Å². The van der Waals surface area contributed by atoms with Crippen LogP contribution in [0.25, 0.3) is 5.57 Å². The van der Waals surface area contributed by atoms with Gasteiger partial charge in [0.1, 0.15) is 0 Å². The minimum Gasteiger partial charge on any atom is -0.504 e. The maximum atomic E-state index is 5.84. The molecule has 0 saturated heterocycles. The molecular weight excluding hydrogens is 186 g/mol. The molecule has 13 heavy (non-hydrogen) atoms. The summed E-state index contributed by atoms with van der Waals surface area (Å²) in [7, 11) is 1.63. The lowest BCUT2D eigenvalue weighted by Crippen LogP contribution is -1.88. The zero-order chi connectivity index (χ0) is 9.68. The number of nitrogens with zero attached hydrogens (tertiary/aromatic N) is 1. The normalized spacial score (nSPS) is 11.5. The molecule has 0 fully saturated rings. The Labute approximate surface area is 83.2 Å². The maximum Gasteiger partial charge on any atom is 0.0878 e. The molecule has 0 N–H and O–H groups in total. The highest BCUT2D eigenvalue weighted by atomic mass is 35.5. The summed E-state index contributed by atoms with van der Waals surface area (Å²) in [6, 6.07) is 3.58. The summed E-state index contributed by atoms with van der Waals surface area (Å²) in [6.45, 7) is 2.05. The molecule has 0 bridgehead atoms. The van der Waals surface area contributed by atoms with Crippen molar-refractivity contribution in [1.29, 1.82) is 0 Å². The topological polar surface area (TPSA) is 22.1 Å². The van der Waals surface area contributed by atoms with Gasteiger partial charge >= 0.3 is 0 Å². The fraction of sp³-hybridized carbons (Fsp3) is 0.300. The molecule has 2 nitrogen and oxygen atoms in total. The van der Waals surface area contributed by atoms with Crippen LogP contribution in [0.4, 0.5) is 0 Å². The van der Waals surface area contributed by atoms with Crippen LogP contribution in [0.2, 0.25) is 5.02 Å². The standard InChI is InChI=1S/C10H12ClNO/c1-3-8(7-13-2)10-6-9(11)4-5-12-10/h4-7H,3H2,1-2H3/b8-7+. The minimum absolute atomic E-state index is 0.695. The third kappa shape index (κ3) is 2.74. The van der Waals surface area contributed by atoms with Crippen LogP contribution in [0, 0.1) is 0 Å². The van der Waals surface area contributed by atoms with Crippen molar-refractivity contribution in [2.75, 3.05) is 7.11 Å². The summed E-state index contributed by atoms with van der Waals surface area (Å²) in [5.74, 6) is 0. The number of rotatable bonds is 3. The van der Waals surface area contributed by atoms with Gasteiger partial charge in [-0.05, 0) is 18.6 Å². The molecule has 0 aromatic carbocycles. The van der Waals surface area contributed by atoms with E-state index in [-0.39, 0.29) is 0 Å². The highest BCUT2D eigenvalue weighted by molar-refractivity contribution is 6.30. The van der Waals surface area contributed by atoms with Gasteiger partial charge in [0.15, 0.2) is 0 Å². The molecule has 1 heterocycles. The lowest BCUT2D eigenvalue weighted by Gasteiger charge is -2.03. The van der Waals surface area contributed by atoms with E-state index in [1.165, 1.54) is 0 Å². The number of allylic oxidation sites excluding steroid dienone is 1. The quantitative estimate of drug-likeness (QED) is 0.695. The first kappa shape index (κ1) is 10.1. The summed E-state index contributed by atoms with van der Waals surface area (Å²) >= 11 is 5.84. The molecule has 1 aromatic rings. The van der Waals surface area contributed by atoms with Crippen LogP contribution in [-0.2, 0) is 4.74 Å². The summed E-state index contributed by atoms with van der Waals surface area (Å²) < 4.78 is 4.94. The molecule has 0 amide bonds. The van der Waals surface area contributed by atoms with Crippen LogP contribution in [0.15, 0.2) is 24.6 Å². The van der Waals surface area contributed by atoms with E-state index in [4.69, 9.17) is 16.3 Å². The van der Waals surface area contributed by atoms with Gasteiger partial charge in [-0.25, -0.2) is 0 Å². The van der Waals surface area contributed by atoms with Gasteiger partial charge in [-0.15, -0.1) is 0 Å². The zero-order valence-corrected chi connectivity index (χ0v) is 8.51. The van der Waals surface area contributed by atoms with Gasteiger partial charge in [0, 0.05) is 16.8 Å². The monoisotopic (exact) mass is 197 g/mol. The zero-order valence-electron chi connectivity index (χ0n) is 7.75. The minimum atomic E-state index is 0.695. The van der Waals surface area contributed by atoms with Crippen molar-refractivity contribution >= 4 is 17.2 Å². The van der Waals surface area contributed by atoms with Crippen LogP contribution in [0.5, 0.6) is 0 Å². The van der Waals surface area contributed by atoms with Crippen LogP contribution < -0.4 is 0 Å². The molecule has 0 radical (unpaired) electrons. The summed E-state index contributed by atoms with van der Waals surface area (Å²) in [4.78, 5) is 4.20. The Morgan fingerprint density at radius 2 is 2.46 bits per heavy atom. The molecular formula is C10H12ClNO. The van der Waals surface area contributed by atoms with Crippen molar-refractivity contribution < 1.29 is 4.74 Å². The number of methoxy groups -OCH3 is 1. The van der Waals surface area contributed by atoms with Gasteiger partial charge in [-0.1, -0.05) is 18.5 Å². The van der Waals surface area contributed by atoms with Gasteiger partial charge in [0.25, 0.3) is 0 Å². The van der Waals surface area contributed by atoms with E-state index in [2.05, 4.69) is 4.98 Å². The Balaban J connectivity index is 2.98. The summed E-state index contributed by atoms with van der Waals surface area (Å²) in [5, 5.41) is 0.695. The number of hydrogen-bond donors (Lipinski definition) is 0. The third-order valence-corrected chi connectivity index (χ3v) is 1.93. The Hall–Kier alpha value is -1.02. The van der Waals surface area contributed by atoms with E-state index in [1.54, 1.807) is 25.6 Å². The summed E-state index contributed by atoms with van der Waals surface area (Å²) in [6.07, 6.45) is 4.26. The van der Waals surface area contributed by atoms with Gasteiger partial charge < -0.3 is 4.74 Å². The van der Waals surface area contributed by atoms with Crippen molar-refractivity contribution in [3.63, 3.8) is 0 Å². The molecule has 1 aromatic heterocycles. The van der Waals surface area contributed by atoms with E-state index in [9.17, 15) is 0 Å². The van der Waals surface area contributed by atoms with Crippen LogP contribution in [0.1, 0.15) is 19.0 Å². The molecule has 0 spiro atoms. The first-order chi connectivity index (χ1) is 6.27. The molecule has 3 heteroatoms. The lowest BCUT2D eigenvalue weighted by atomic mass is 10.1. The second kappa shape index (κ2) is 4.87. The molecule has 0 aliphatic carbocycles. The first-order valence-electron chi connectivity index (χ1n) is 4.11. The van der Waals surface area contributed by atoms with Gasteiger partial charge in [0.05, 0.1) is 19.1 Å². The van der Waals surface area contributed by atoms with Crippen molar-refractivity contribution in [1.82, 2.24) is 4.98 Å². The van der Waals surface area contributed by atoms with Crippen LogP contribution in [-0.4, -0.2) is 12.1 Å². The highest BCUT2D eigenvalue weighted by Crippen LogP contribution is 2.18. The largest absolute Gasteiger partial charge is 0.504 e. The Bertz CT molecular complexity index is 310. The lowest BCUT2D eigenvalue weighted by molar-refractivity contribution is 0.339. The molecule has 0 aliphatic heterocycles. The maximum absolute atomic E-state index is 5.84. The second-order valence-electron chi connectivity index (χ2n) is 2.59. The number of pyridine rings is 1. The molecule has 0 aliphatic rings. The van der Waals surface area contributed by atoms with Gasteiger partial charge in [-0.2, -0.15) is 0 Å². The second-order valence-corrected chi connectivity index (χ2v) is 3.03. The van der Waals surface area contributed by atoms with E-state index in [0.717, 1.165) is 17.7 Å². The molecule has 0 saturated carbocycles. The molecule has 1 rings (SSSR count). The number of hydrogen-bond acceptors (Lipinski definition) is 2. The highest BCUT2D eigenvalue weighted by Gasteiger charge is 2.01. The smallest absolute Gasteiger partial charge is 0.0878 e. The fourth-order valence-corrected chi connectivity index (χ4v) is 1.21. The Morgan fingerprint density at radius 3 is 3.00 bits per heavy atom. The average molecular weight is 198 g/mol. The Morgan fingerprint density at radius 1 is 1.69 bits per heavy atom. The van der Waals surface area contributed by atoms with Gasteiger partial charge in [-0.3, -0.25) is 4.98 Å². The van der Waals surface area contributed by atoms with Gasteiger partial charge in [0.2, 0.25) is 0 Å². The predicted molar refractivity (Wildman–Crippen MR) is 54.5 cm³/mol. The number of halogens is 1.